The number of nitrogens with one attached hydrogen (secondary N) is 2. The van der Waals surface area contributed by atoms with E-state index in [1.165, 1.54) is 6.92 Å². The second-order valence-electron chi connectivity index (χ2n) is 6.00. The molecule has 0 saturated carbocycles. The van der Waals surface area contributed by atoms with E-state index in [4.69, 9.17) is 5.11 Å². The predicted molar refractivity (Wildman–Crippen MR) is 74.5 cm³/mol. The molecular weight excluding hydrogens is 262 g/mol. The summed E-state index contributed by atoms with van der Waals surface area (Å²) in [7, 11) is 2.07. The van der Waals surface area contributed by atoms with Crippen LogP contribution in [0.3, 0.4) is 0 Å². The molecule has 0 aromatic heterocycles. The van der Waals surface area contributed by atoms with Crippen molar-refractivity contribution in [2.24, 2.45) is 5.41 Å². The summed E-state index contributed by atoms with van der Waals surface area (Å²) in [6.45, 7) is 5.93. The van der Waals surface area contributed by atoms with Crippen LogP contribution in [0.25, 0.3) is 0 Å². The Kier molecular flexibility index (Phi) is 5.76. The van der Waals surface area contributed by atoms with Gasteiger partial charge in [0, 0.05) is 6.54 Å². The Hall–Kier alpha value is -1.34. The summed E-state index contributed by atoms with van der Waals surface area (Å²) in [6, 6.07) is -1.85. The zero-order chi connectivity index (χ0) is 15.3. The van der Waals surface area contributed by atoms with E-state index < -0.39 is 24.1 Å². The van der Waals surface area contributed by atoms with Gasteiger partial charge in [0.2, 0.25) is 0 Å². The van der Waals surface area contributed by atoms with Crippen LogP contribution in [0, 0.1) is 5.41 Å². The van der Waals surface area contributed by atoms with E-state index in [0.29, 0.717) is 6.54 Å². The lowest BCUT2D eigenvalue weighted by Crippen LogP contribution is -2.53. The smallest absolute Gasteiger partial charge is 0.328 e. The number of likely N-dealkylation sites (tertiary alicyclic amines) is 1. The Morgan fingerprint density at radius 3 is 2.35 bits per heavy atom. The van der Waals surface area contributed by atoms with Gasteiger partial charge in [-0.25, -0.2) is 9.59 Å². The highest BCUT2D eigenvalue weighted by atomic mass is 16.4. The van der Waals surface area contributed by atoms with Crippen molar-refractivity contribution in [1.29, 1.82) is 0 Å². The van der Waals surface area contributed by atoms with Crippen LogP contribution >= 0.6 is 0 Å². The summed E-state index contributed by atoms with van der Waals surface area (Å²) in [5, 5.41) is 23.2. The van der Waals surface area contributed by atoms with E-state index in [2.05, 4.69) is 29.5 Å². The molecule has 0 unspecified atom stereocenters. The number of urea groups is 1. The molecule has 7 nitrogen and oxygen atoms in total. The highest BCUT2D eigenvalue weighted by Gasteiger charge is 2.30. The van der Waals surface area contributed by atoms with E-state index in [1.807, 2.05) is 0 Å². The minimum atomic E-state index is -1.29. The van der Waals surface area contributed by atoms with Gasteiger partial charge in [-0.2, -0.15) is 0 Å². The van der Waals surface area contributed by atoms with Crippen LogP contribution in [0.5, 0.6) is 0 Å². The molecule has 1 heterocycles. The maximum absolute atomic E-state index is 11.7. The Balaban J connectivity index is 2.41. The fourth-order valence-electron chi connectivity index (χ4n) is 2.21. The van der Waals surface area contributed by atoms with Crippen molar-refractivity contribution in [2.75, 3.05) is 26.7 Å². The number of carbonyl (C=O) groups excluding carboxylic acids is 1. The van der Waals surface area contributed by atoms with E-state index >= 15 is 0 Å². The SMILES string of the molecule is C[C@@H](O)[C@H](NC(=O)NCC1(C)CCN(C)CC1)C(=O)O. The van der Waals surface area contributed by atoms with Gasteiger partial charge >= 0.3 is 12.0 Å². The molecule has 0 radical (unpaired) electrons. The summed E-state index contributed by atoms with van der Waals surface area (Å²) in [5.41, 5.74) is 0.0351. The molecule has 1 aliphatic rings. The minimum Gasteiger partial charge on any atom is -0.480 e. The lowest BCUT2D eigenvalue weighted by Gasteiger charge is -2.38. The van der Waals surface area contributed by atoms with Crippen molar-refractivity contribution >= 4 is 12.0 Å². The largest absolute Gasteiger partial charge is 0.480 e. The molecule has 2 amide bonds. The quantitative estimate of drug-likeness (QED) is 0.563. The molecule has 2 atom stereocenters. The molecule has 1 saturated heterocycles. The second-order valence-corrected chi connectivity index (χ2v) is 6.00. The molecule has 1 rings (SSSR count). The number of aliphatic carboxylic acids is 1. The standard InChI is InChI=1S/C13H25N3O4/c1-9(17)10(11(18)19)15-12(20)14-8-13(2)4-6-16(3)7-5-13/h9-10,17H,4-8H2,1-3H3,(H,18,19)(H2,14,15,20)/t9-,10+/m1/s1. The van der Waals surface area contributed by atoms with Crippen molar-refractivity contribution in [3.63, 3.8) is 0 Å². The number of hydrogen-bond acceptors (Lipinski definition) is 4. The van der Waals surface area contributed by atoms with Crippen LogP contribution < -0.4 is 10.6 Å². The number of aliphatic hydroxyl groups is 1. The third-order valence-corrected chi connectivity index (χ3v) is 3.90. The molecule has 1 fully saturated rings. The minimum absolute atomic E-state index is 0.0351. The summed E-state index contributed by atoms with van der Waals surface area (Å²) >= 11 is 0. The molecular formula is C13H25N3O4. The van der Waals surface area contributed by atoms with Gasteiger partial charge in [-0.05, 0) is 45.3 Å². The fraction of sp³-hybridized carbons (Fsp3) is 0.846. The van der Waals surface area contributed by atoms with Crippen molar-refractivity contribution in [3.8, 4) is 0 Å². The third-order valence-electron chi connectivity index (χ3n) is 3.90. The normalized spacial score (nSPS) is 21.8. The predicted octanol–water partition coefficient (Wildman–Crippen LogP) is -0.148. The highest BCUT2D eigenvalue weighted by molar-refractivity contribution is 5.82. The van der Waals surface area contributed by atoms with E-state index in [0.717, 1.165) is 25.9 Å². The average molecular weight is 287 g/mol. The molecule has 0 bridgehead atoms. The van der Waals surface area contributed by atoms with E-state index in [1.54, 1.807) is 0 Å². The van der Waals surface area contributed by atoms with Crippen LogP contribution in [0.1, 0.15) is 26.7 Å². The number of nitrogens with zero attached hydrogens (tertiary/aromatic N) is 1. The van der Waals surface area contributed by atoms with Crippen molar-refractivity contribution in [2.45, 2.75) is 38.8 Å². The maximum Gasteiger partial charge on any atom is 0.328 e. The van der Waals surface area contributed by atoms with Gasteiger partial charge in [-0.3, -0.25) is 0 Å². The number of piperidine rings is 1. The highest BCUT2D eigenvalue weighted by Crippen LogP contribution is 2.29. The maximum atomic E-state index is 11.7. The van der Waals surface area contributed by atoms with E-state index in [-0.39, 0.29) is 5.41 Å². The summed E-state index contributed by atoms with van der Waals surface area (Å²) in [4.78, 5) is 24.8. The van der Waals surface area contributed by atoms with Crippen LogP contribution in [0.15, 0.2) is 0 Å². The van der Waals surface area contributed by atoms with Gasteiger partial charge in [0.25, 0.3) is 0 Å². The van der Waals surface area contributed by atoms with Crippen LogP contribution in [-0.2, 0) is 4.79 Å². The molecule has 7 heteroatoms. The third kappa shape index (κ3) is 4.97. The molecule has 0 aromatic rings. The van der Waals surface area contributed by atoms with Crippen molar-refractivity contribution < 1.29 is 19.8 Å². The first kappa shape index (κ1) is 16.7. The Bertz CT molecular complexity index is 352. The van der Waals surface area contributed by atoms with Crippen LogP contribution in [0.4, 0.5) is 4.79 Å². The Morgan fingerprint density at radius 2 is 1.90 bits per heavy atom. The first-order valence-electron chi connectivity index (χ1n) is 6.87. The van der Waals surface area contributed by atoms with Crippen LogP contribution in [0.2, 0.25) is 0 Å². The molecule has 0 spiro atoms. The molecule has 4 N–H and O–H groups in total. The number of carbonyl (C=O) groups is 2. The second kappa shape index (κ2) is 6.90. The first-order chi connectivity index (χ1) is 9.23. The summed E-state index contributed by atoms with van der Waals surface area (Å²) in [6.07, 6.45) is 0.836. The molecule has 1 aliphatic heterocycles. The Labute approximate surface area is 119 Å². The molecule has 20 heavy (non-hydrogen) atoms. The number of rotatable bonds is 5. The topological polar surface area (TPSA) is 102 Å². The van der Waals surface area contributed by atoms with Crippen LogP contribution in [-0.4, -0.2) is 65.9 Å². The molecule has 116 valence electrons. The average Bonchev–Trinajstić information content (AvgIpc) is 2.37. The van der Waals surface area contributed by atoms with Gasteiger partial charge in [-0.1, -0.05) is 6.92 Å². The summed E-state index contributed by atoms with van der Waals surface area (Å²) in [5.74, 6) is -1.25. The molecule has 0 aliphatic carbocycles. The lowest BCUT2D eigenvalue weighted by molar-refractivity contribution is -0.141. The van der Waals surface area contributed by atoms with Gasteiger partial charge in [0.05, 0.1) is 6.10 Å². The number of carboxylic acids is 1. The van der Waals surface area contributed by atoms with Gasteiger partial charge in [0.15, 0.2) is 6.04 Å². The zero-order valence-electron chi connectivity index (χ0n) is 12.3. The molecule has 0 aromatic carbocycles. The van der Waals surface area contributed by atoms with E-state index in [9.17, 15) is 14.7 Å². The van der Waals surface area contributed by atoms with Crippen molar-refractivity contribution in [1.82, 2.24) is 15.5 Å². The number of hydrogen-bond donors (Lipinski definition) is 4. The summed E-state index contributed by atoms with van der Waals surface area (Å²) < 4.78 is 0. The lowest BCUT2D eigenvalue weighted by atomic mass is 9.80. The van der Waals surface area contributed by atoms with Gasteiger partial charge < -0.3 is 25.7 Å². The number of carboxylic acid groups (broad SMARTS) is 1. The van der Waals surface area contributed by atoms with Gasteiger partial charge in [-0.15, -0.1) is 0 Å². The van der Waals surface area contributed by atoms with Crippen molar-refractivity contribution in [3.05, 3.63) is 0 Å². The fourth-order valence-corrected chi connectivity index (χ4v) is 2.21. The number of amides is 2. The first-order valence-corrected chi connectivity index (χ1v) is 6.87. The Morgan fingerprint density at radius 1 is 1.35 bits per heavy atom. The zero-order valence-corrected chi connectivity index (χ0v) is 12.3. The number of aliphatic hydroxyl groups excluding tert-OH is 1. The monoisotopic (exact) mass is 287 g/mol. The van der Waals surface area contributed by atoms with Gasteiger partial charge in [0.1, 0.15) is 0 Å².